The second kappa shape index (κ2) is 8.04. The Morgan fingerprint density at radius 1 is 1.24 bits per heavy atom. The lowest BCUT2D eigenvalue weighted by Gasteiger charge is -2.15. The summed E-state index contributed by atoms with van der Waals surface area (Å²) >= 11 is 0. The molecule has 0 atom stereocenters. The van der Waals surface area contributed by atoms with E-state index in [1.807, 2.05) is 6.92 Å². The minimum absolute atomic E-state index is 0.0503. The van der Waals surface area contributed by atoms with Gasteiger partial charge in [-0.3, -0.25) is 15.0 Å². The Labute approximate surface area is 165 Å². The van der Waals surface area contributed by atoms with Crippen LogP contribution in [0.3, 0.4) is 0 Å². The normalized spacial score (nSPS) is 13.8. The van der Waals surface area contributed by atoms with E-state index >= 15 is 0 Å². The van der Waals surface area contributed by atoms with Crippen LogP contribution in [0.4, 0.5) is 18.9 Å². The lowest BCUT2D eigenvalue weighted by atomic mass is 10.0. The number of carbonyl (C=O) groups excluding carboxylic acids is 1. The first-order valence-corrected chi connectivity index (χ1v) is 8.90. The number of pyridine rings is 1. The van der Waals surface area contributed by atoms with Crippen molar-refractivity contribution in [2.75, 3.05) is 6.54 Å². The number of rotatable bonds is 4. The Bertz CT molecular complexity index is 999. The SMILES string of the molecule is CCCN(O)C(=O)C1=Cc2ccc(-c3cncc(C(F)(F)F)c3)cc2N=C(N)C1. The molecule has 1 aromatic heterocycles. The first kappa shape index (κ1) is 20.5. The molecule has 0 saturated carbocycles. The molecule has 1 amide bonds. The molecule has 0 bridgehead atoms. The highest BCUT2D eigenvalue weighted by molar-refractivity contribution is 6.05. The van der Waals surface area contributed by atoms with E-state index in [9.17, 15) is 23.2 Å². The summed E-state index contributed by atoms with van der Waals surface area (Å²) in [5, 5.41) is 10.5. The second-order valence-electron chi connectivity index (χ2n) is 6.61. The smallest absolute Gasteiger partial charge is 0.387 e. The summed E-state index contributed by atoms with van der Waals surface area (Å²) in [7, 11) is 0. The van der Waals surface area contributed by atoms with Crippen LogP contribution in [0.1, 0.15) is 30.9 Å². The number of fused-ring (bicyclic) bond motifs is 1. The molecule has 0 aliphatic carbocycles. The summed E-state index contributed by atoms with van der Waals surface area (Å²) in [4.78, 5) is 20.4. The van der Waals surface area contributed by atoms with Gasteiger partial charge in [-0.15, -0.1) is 0 Å². The number of hydrogen-bond acceptors (Lipinski definition) is 5. The van der Waals surface area contributed by atoms with Gasteiger partial charge in [-0.2, -0.15) is 13.2 Å². The standard InChI is InChI=1S/C20H19F3N4O2/c1-2-5-27(29)19(28)14-6-13-4-3-12(8-17(13)26-18(24)9-14)15-7-16(11-25-10-15)20(21,22)23/h3-4,6-8,10-11,29H,2,5,9H2,1H3,(H2,24,26). The van der Waals surface area contributed by atoms with Crippen LogP contribution in [0.2, 0.25) is 0 Å². The quantitative estimate of drug-likeness (QED) is 0.591. The number of amides is 1. The number of aliphatic imine (C=N–C) groups is 1. The zero-order chi connectivity index (χ0) is 21.2. The van der Waals surface area contributed by atoms with Crippen molar-refractivity contribution in [3.05, 3.63) is 53.4 Å². The van der Waals surface area contributed by atoms with Crippen molar-refractivity contribution in [2.45, 2.75) is 25.9 Å². The average Bonchev–Trinajstić information content (AvgIpc) is 2.84. The van der Waals surface area contributed by atoms with Gasteiger partial charge in [0.1, 0.15) is 5.84 Å². The van der Waals surface area contributed by atoms with E-state index in [0.717, 1.165) is 12.3 Å². The van der Waals surface area contributed by atoms with Gasteiger partial charge in [0.2, 0.25) is 0 Å². The lowest BCUT2D eigenvalue weighted by Crippen LogP contribution is -2.30. The predicted molar refractivity (Wildman–Crippen MR) is 102 cm³/mol. The van der Waals surface area contributed by atoms with E-state index in [-0.39, 0.29) is 29.9 Å². The summed E-state index contributed by atoms with van der Waals surface area (Å²) in [6.45, 7) is 2.01. The van der Waals surface area contributed by atoms with Gasteiger partial charge in [0.25, 0.3) is 5.91 Å². The average molecular weight is 404 g/mol. The molecule has 0 spiro atoms. The molecule has 2 heterocycles. The Morgan fingerprint density at radius 2 is 2.00 bits per heavy atom. The molecule has 0 fully saturated rings. The number of halogens is 3. The number of hydroxylamine groups is 2. The van der Waals surface area contributed by atoms with Crippen LogP contribution in [0, 0.1) is 0 Å². The maximum atomic E-state index is 13.0. The third-order valence-electron chi connectivity index (χ3n) is 4.34. The summed E-state index contributed by atoms with van der Waals surface area (Å²) in [6, 6.07) is 5.86. The topological polar surface area (TPSA) is 91.8 Å². The van der Waals surface area contributed by atoms with Gasteiger partial charge in [-0.1, -0.05) is 19.1 Å². The van der Waals surface area contributed by atoms with E-state index in [0.29, 0.717) is 28.3 Å². The fourth-order valence-electron chi connectivity index (χ4n) is 2.94. The predicted octanol–water partition coefficient (Wildman–Crippen LogP) is 4.17. The number of amidine groups is 1. The highest BCUT2D eigenvalue weighted by Crippen LogP contribution is 2.34. The Kier molecular flexibility index (Phi) is 5.69. The van der Waals surface area contributed by atoms with E-state index in [1.54, 1.807) is 24.3 Å². The molecule has 1 aromatic carbocycles. The summed E-state index contributed by atoms with van der Waals surface area (Å²) < 4.78 is 38.9. The van der Waals surface area contributed by atoms with Crippen LogP contribution in [0.25, 0.3) is 17.2 Å². The summed E-state index contributed by atoms with van der Waals surface area (Å²) in [5.74, 6) is -0.406. The second-order valence-corrected chi connectivity index (χ2v) is 6.61. The van der Waals surface area contributed by atoms with Gasteiger partial charge in [0.05, 0.1) is 11.3 Å². The minimum Gasteiger partial charge on any atom is -0.387 e. The largest absolute Gasteiger partial charge is 0.417 e. The van der Waals surface area contributed by atoms with Crippen molar-refractivity contribution in [1.29, 1.82) is 0 Å². The van der Waals surface area contributed by atoms with Crippen LogP contribution in [0.5, 0.6) is 0 Å². The highest BCUT2D eigenvalue weighted by Gasteiger charge is 2.31. The molecule has 29 heavy (non-hydrogen) atoms. The van der Waals surface area contributed by atoms with Crippen LogP contribution < -0.4 is 5.73 Å². The minimum atomic E-state index is -4.50. The van der Waals surface area contributed by atoms with Crippen LogP contribution in [-0.4, -0.2) is 33.5 Å². The molecule has 152 valence electrons. The zero-order valence-corrected chi connectivity index (χ0v) is 15.6. The number of benzene rings is 1. The van der Waals surface area contributed by atoms with E-state index in [2.05, 4.69) is 9.98 Å². The Balaban J connectivity index is 2.00. The zero-order valence-electron chi connectivity index (χ0n) is 15.6. The number of alkyl halides is 3. The maximum absolute atomic E-state index is 13.0. The number of nitrogens with two attached hydrogens (primary N) is 1. The van der Waals surface area contributed by atoms with Crippen molar-refractivity contribution in [2.24, 2.45) is 10.7 Å². The molecule has 1 aliphatic heterocycles. The van der Waals surface area contributed by atoms with Crippen molar-refractivity contribution in [3.8, 4) is 11.1 Å². The third-order valence-corrected chi connectivity index (χ3v) is 4.34. The van der Waals surface area contributed by atoms with E-state index in [1.165, 1.54) is 6.20 Å². The van der Waals surface area contributed by atoms with Crippen LogP contribution in [0.15, 0.2) is 47.2 Å². The number of carbonyl (C=O) groups is 1. The van der Waals surface area contributed by atoms with Gasteiger partial charge in [-0.05, 0) is 30.2 Å². The molecule has 0 saturated heterocycles. The molecule has 3 N–H and O–H groups in total. The molecule has 3 rings (SSSR count). The number of aromatic nitrogens is 1. The van der Waals surface area contributed by atoms with Crippen LogP contribution in [-0.2, 0) is 11.0 Å². The van der Waals surface area contributed by atoms with E-state index < -0.39 is 17.6 Å². The van der Waals surface area contributed by atoms with Gasteiger partial charge in [0.15, 0.2) is 0 Å². The van der Waals surface area contributed by atoms with E-state index in [4.69, 9.17) is 5.73 Å². The summed E-state index contributed by atoms with van der Waals surface area (Å²) in [6.07, 6.45) is -0.183. The fraction of sp³-hybridized carbons (Fsp3) is 0.250. The highest BCUT2D eigenvalue weighted by atomic mass is 19.4. The first-order chi connectivity index (χ1) is 13.7. The van der Waals surface area contributed by atoms with Gasteiger partial charge in [-0.25, -0.2) is 10.1 Å². The third kappa shape index (κ3) is 4.62. The Morgan fingerprint density at radius 3 is 2.69 bits per heavy atom. The first-order valence-electron chi connectivity index (χ1n) is 8.90. The monoisotopic (exact) mass is 404 g/mol. The summed E-state index contributed by atoms with van der Waals surface area (Å²) in [5.41, 5.74) is 7.10. The van der Waals surface area contributed by atoms with Gasteiger partial charge in [0, 0.05) is 42.1 Å². The van der Waals surface area contributed by atoms with Gasteiger partial charge >= 0.3 is 6.18 Å². The van der Waals surface area contributed by atoms with Crippen molar-refractivity contribution >= 4 is 23.5 Å². The molecule has 9 heteroatoms. The fourth-order valence-corrected chi connectivity index (χ4v) is 2.94. The molecule has 2 aromatic rings. The molecular weight excluding hydrogens is 385 g/mol. The molecular formula is C20H19F3N4O2. The Hall–Kier alpha value is -3.20. The van der Waals surface area contributed by atoms with Gasteiger partial charge < -0.3 is 5.73 Å². The molecule has 1 aliphatic rings. The lowest BCUT2D eigenvalue weighted by molar-refractivity contribution is -0.160. The molecule has 6 nitrogen and oxygen atoms in total. The van der Waals surface area contributed by atoms with Crippen molar-refractivity contribution in [1.82, 2.24) is 10.0 Å². The maximum Gasteiger partial charge on any atom is 0.417 e. The molecule has 0 unspecified atom stereocenters. The number of nitrogens with zero attached hydrogens (tertiary/aromatic N) is 3. The van der Waals surface area contributed by atoms with Crippen molar-refractivity contribution in [3.63, 3.8) is 0 Å². The number of hydrogen-bond donors (Lipinski definition) is 2. The van der Waals surface area contributed by atoms with Crippen LogP contribution >= 0.6 is 0 Å². The van der Waals surface area contributed by atoms with Crippen molar-refractivity contribution < 1.29 is 23.2 Å². The molecule has 0 radical (unpaired) electrons.